The third-order valence-corrected chi connectivity index (χ3v) is 4.70. The fourth-order valence-electron chi connectivity index (χ4n) is 3.03. The molecule has 1 heterocycles. The maximum atomic E-state index is 3.70. The zero-order valence-corrected chi connectivity index (χ0v) is 13.8. The first kappa shape index (κ1) is 15.5. The lowest BCUT2D eigenvalue weighted by Crippen LogP contribution is -2.61. The van der Waals surface area contributed by atoms with Gasteiger partial charge in [0.1, 0.15) is 0 Å². The molecule has 0 spiro atoms. The first-order valence-electron chi connectivity index (χ1n) is 7.97. The third-order valence-electron chi connectivity index (χ3n) is 4.70. The van der Waals surface area contributed by atoms with Gasteiger partial charge in [0.15, 0.2) is 0 Å². The average Bonchev–Trinajstić information content (AvgIpc) is 2.38. The number of rotatable bonds is 4. The lowest BCUT2D eigenvalue weighted by molar-refractivity contribution is 0.0563. The van der Waals surface area contributed by atoms with Crippen molar-refractivity contribution in [3.05, 3.63) is 34.9 Å². The minimum absolute atomic E-state index is 0.239. The zero-order chi connectivity index (χ0) is 14.8. The monoisotopic (exact) mass is 274 g/mol. The van der Waals surface area contributed by atoms with E-state index in [1.165, 1.54) is 29.5 Å². The molecule has 1 N–H and O–H groups in total. The Hall–Kier alpha value is -0.860. The highest BCUT2D eigenvalue weighted by molar-refractivity contribution is 5.30. The molecular weight excluding hydrogens is 244 g/mol. The summed E-state index contributed by atoms with van der Waals surface area (Å²) in [5.74, 6) is 0. The van der Waals surface area contributed by atoms with Crippen LogP contribution in [-0.2, 0) is 6.54 Å². The van der Waals surface area contributed by atoms with Crippen LogP contribution in [0.2, 0.25) is 0 Å². The second-order valence-electron chi connectivity index (χ2n) is 6.98. The molecule has 1 fully saturated rings. The maximum Gasteiger partial charge on any atom is 0.0281 e. The van der Waals surface area contributed by atoms with Gasteiger partial charge in [-0.2, -0.15) is 0 Å². The number of benzene rings is 1. The number of nitrogens with one attached hydrogen (secondary N) is 1. The van der Waals surface area contributed by atoms with E-state index in [9.17, 15) is 0 Å². The van der Waals surface area contributed by atoms with Crippen LogP contribution in [0.1, 0.15) is 50.3 Å². The van der Waals surface area contributed by atoms with Crippen LogP contribution in [0.5, 0.6) is 0 Å². The quantitative estimate of drug-likeness (QED) is 0.901. The molecule has 1 saturated heterocycles. The Labute approximate surface area is 124 Å². The number of hydrogen-bond acceptors (Lipinski definition) is 2. The largest absolute Gasteiger partial charge is 0.311 e. The van der Waals surface area contributed by atoms with Gasteiger partial charge < -0.3 is 5.32 Å². The van der Waals surface area contributed by atoms with Crippen molar-refractivity contribution >= 4 is 0 Å². The van der Waals surface area contributed by atoms with E-state index in [1.807, 2.05) is 0 Å². The van der Waals surface area contributed by atoms with Gasteiger partial charge in [0.2, 0.25) is 0 Å². The minimum Gasteiger partial charge on any atom is -0.311 e. The van der Waals surface area contributed by atoms with Gasteiger partial charge in [-0.15, -0.1) is 0 Å². The summed E-state index contributed by atoms with van der Waals surface area (Å²) in [5, 5.41) is 3.70. The molecule has 2 nitrogen and oxygen atoms in total. The molecular formula is C18H30N2. The molecule has 2 rings (SSSR count). The van der Waals surface area contributed by atoms with Crippen molar-refractivity contribution in [1.82, 2.24) is 10.2 Å². The van der Waals surface area contributed by atoms with Crippen LogP contribution in [-0.4, -0.2) is 29.6 Å². The van der Waals surface area contributed by atoms with Gasteiger partial charge in [-0.3, -0.25) is 4.90 Å². The lowest BCUT2D eigenvalue weighted by Gasteiger charge is -2.46. The summed E-state index contributed by atoms with van der Waals surface area (Å²) in [6.07, 6.45) is 2.54. The van der Waals surface area contributed by atoms with Crippen molar-refractivity contribution in [3.63, 3.8) is 0 Å². The van der Waals surface area contributed by atoms with Gasteiger partial charge in [0, 0.05) is 31.2 Å². The standard InChI is InChI=1S/C18H30N2/c1-6-7-17-12-20(18(4,5)13-19-17)11-16-9-8-14(2)15(3)10-16/h8-10,17,19H,6-7,11-13H2,1-5H3. The molecule has 0 aromatic heterocycles. The maximum absolute atomic E-state index is 3.70. The Morgan fingerprint density at radius 3 is 2.65 bits per heavy atom. The SMILES string of the molecule is CCCC1CN(Cc2ccc(C)c(C)c2)C(C)(C)CN1. The van der Waals surface area contributed by atoms with E-state index in [0.29, 0.717) is 6.04 Å². The molecule has 20 heavy (non-hydrogen) atoms. The van der Waals surface area contributed by atoms with Crippen LogP contribution in [0.3, 0.4) is 0 Å². The summed E-state index contributed by atoms with van der Waals surface area (Å²) in [6, 6.07) is 7.54. The highest BCUT2D eigenvalue weighted by atomic mass is 15.3. The first-order chi connectivity index (χ1) is 9.42. The number of piperazine rings is 1. The summed E-state index contributed by atoms with van der Waals surface area (Å²) in [5.41, 5.74) is 4.47. The Morgan fingerprint density at radius 1 is 1.25 bits per heavy atom. The molecule has 2 heteroatoms. The van der Waals surface area contributed by atoms with Gasteiger partial charge in [-0.25, -0.2) is 0 Å². The van der Waals surface area contributed by atoms with Crippen molar-refractivity contribution in [3.8, 4) is 0 Å². The Balaban J connectivity index is 2.09. The molecule has 1 aliphatic heterocycles. The first-order valence-corrected chi connectivity index (χ1v) is 7.97. The normalized spacial score (nSPS) is 22.9. The van der Waals surface area contributed by atoms with E-state index in [-0.39, 0.29) is 5.54 Å². The second kappa shape index (κ2) is 6.28. The van der Waals surface area contributed by atoms with Crippen LogP contribution in [0.25, 0.3) is 0 Å². The van der Waals surface area contributed by atoms with Gasteiger partial charge in [0.25, 0.3) is 0 Å². The smallest absolute Gasteiger partial charge is 0.0281 e. The molecule has 1 unspecified atom stereocenters. The summed E-state index contributed by atoms with van der Waals surface area (Å²) in [6.45, 7) is 14.7. The van der Waals surface area contributed by atoms with Crippen molar-refractivity contribution in [1.29, 1.82) is 0 Å². The third kappa shape index (κ3) is 3.62. The molecule has 0 radical (unpaired) electrons. The van der Waals surface area contributed by atoms with Crippen LogP contribution in [0.15, 0.2) is 18.2 Å². The van der Waals surface area contributed by atoms with Crippen LogP contribution in [0, 0.1) is 13.8 Å². The van der Waals surface area contributed by atoms with Crippen LogP contribution in [0.4, 0.5) is 0 Å². The van der Waals surface area contributed by atoms with E-state index in [0.717, 1.165) is 19.6 Å². The minimum atomic E-state index is 0.239. The Kier molecular flexibility index (Phi) is 4.87. The fourth-order valence-corrected chi connectivity index (χ4v) is 3.03. The highest BCUT2D eigenvalue weighted by Gasteiger charge is 2.33. The molecule has 0 saturated carbocycles. The Morgan fingerprint density at radius 2 is 2.00 bits per heavy atom. The van der Waals surface area contributed by atoms with E-state index >= 15 is 0 Å². The summed E-state index contributed by atoms with van der Waals surface area (Å²) in [7, 11) is 0. The van der Waals surface area contributed by atoms with E-state index in [1.54, 1.807) is 0 Å². The number of nitrogens with zero attached hydrogens (tertiary/aromatic N) is 1. The second-order valence-corrected chi connectivity index (χ2v) is 6.98. The van der Waals surface area contributed by atoms with Gasteiger partial charge in [0.05, 0.1) is 0 Å². The molecule has 0 amide bonds. The van der Waals surface area contributed by atoms with Gasteiger partial charge >= 0.3 is 0 Å². The summed E-state index contributed by atoms with van der Waals surface area (Å²) in [4.78, 5) is 2.65. The molecule has 0 aliphatic carbocycles. The van der Waals surface area contributed by atoms with Crippen molar-refractivity contribution in [2.24, 2.45) is 0 Å². The Bertz CT molecular complexity index is 451. The topological polar surface area (TPSA) is 15.3 Å². The summed E-state index contributed by atoms with van der Waals surface area (Å²) >= 11 is 0. The molecule has 1 aromatic rings. The van der Waals surface area contributed by atoms with E-state index in [4.69, 9.17) is 0 Å². The lowest BCUT2D eigenvalue weighted by atomic mass is 9.94. The predicted octanol–water partition coefficient (Wildman–Crippen LogP) is 3.66. The average molecular weight is 274 g/mol. The zero-order valence-electron chi connectivity index (χ0n) is 13.8. The fraction of sp³-hybridized carbons (Fsp3) is 0.667. The molecule has 112 valence electrons. The van der Waals surface area contributed by atoms with Crippen LogP contribution >= 0.6 is 0 Å². The summed E-state index contributed by atoms with van der Waals surface area (Å²) < 4.78 is 0. The van der Waals surface area contributed by atoms with Gasteiger partial charge in [-0.05, 0) is 50.8 Å². The number of aryl methyl sites for hydroxylation is 2. The van der Waals surface area contributed by atoms with Crippen molar-refractivity contribution in [2.45, 2.75) is 65.6 Å². The molecule has 1 atom stereocenters. The predicted molar refractivity (Wildman–Crippen MR) is 87.1 cm³/mol. The van der Waals surface area contributed by atoms with Crippen molar-refractivity contribution in [2.75, 3.05) is 13.1 Å². The van der Waals surface area contributed by atoms with E-state index in [2.05, 4.69) is 63.0 Å². The van der Waals surface area contributed by atoms with E-state index < -0.39 is 0 Å². The molecule has 1 aromatic carbocycles. The number of hydrogen-bond donors (Lipinski definition) is 1. The van der Waals surface area contributed by atoms with Crippen LogP contribution < -0.4 is 5.32 Å². The van der Waals surface area contributed by atoms with Gasteiger partial charge in [-0.1, -0.05) is 31.5 Å². The van der Waals surface area contributed by atoms with Crippen molar-refractivity contribution < 1.29 is 0 Å². The molecule has 1 aliphatic rings. The molecule has 0 bridgehead atoms. The highest BCUT2D eigenvalue weighted by Crippen LogP contribution is 2.23.